The Kier molecular flexibility index (Phi) is 4.78. The van der Waals surface area contributed by atoms with Crippen molar-refractivity contribution in [3.8, 4) is 0 Å². The number of nitrogens with one attached hydrogen (secondary N) is 1. The summed E-state index contributed by atoms with van der Waals surface area (Å²) in [6.45, 7) is 5.28. The summed E-state index contributed by atoms with van der Waals surface area (Å²) in [6, 6.07) is 38.4. The van der Waals surface area contributed by atoms with Crippen molar-refractivity contribution in [2.45, 2.75) is 6.54 Å². The second kappa shape index (κ2) is 7.88. The van der Waals surface area contributed by atoms with Gasteiger partial charge in [-0.25, -0.2) is 0 Å². The molecule has 1 N–H and O–H groups in total. The van der Waals surface area contributed by atoms with Crippen molar-refractivity contribution in [1.82, 2.24) is 0 Å². The number of para-hydroxylation sites is 1. The average Bonchev–Trinajstić information content (AvgIpc) is 2.81. The SMILES string of the molecule is C=C(c1ccccc1NCc1ccccc1)c1cccc2cc3ccccc3cc12. The molecule has 144 valence electrons. The summed E-state index contributed by atoms with van der Waals surface area (Å²) in [5, 5.41) is 8.58. The Morgan fingerprint density at radius 1 is 0.600 bits per heavy atom. The highest BCUT2D eigenvalue weighted by Gasteiger charge is 2.11. The largest absolute Gasteiger partial charge is 0.380 e. The zero-order valence-electron chi connectivity index (χ0n) is 16.8. The molecular weight excluding hydrogens is 362 g/mol. The lowest BCUT2D eigenvalue weighted by Crippen LogP contribution is -2.02. The molecule has 0 aromatic heterocycles. The van der Waals surface area contributed by atoms with Gasteiger partial charge in [-0.2, -0.15) is 0 Å². The Balaban J connectivity index is 1.55. The van der Waals surface area contributed by atoms with Crippen LogP contribution >= 0.6 is 0 Å². The lowest BCUT2D eigenvalue weighted by molar-refractivity contribution is 1.15. The maximum Gasteiger partial charge on any atom is 0.0422 e. The molecule has 1 nitrogen and oxygen atoms in total. The van der Waals surface area contributed by atoms with Crippen molar-refractivity contribution in [2.24, 2.45) is 0 Å². The third-order valence-corrected chi connectivity index (χ3v) is 5.65. The van der Waals surface area contributed by atoms with E-state index in [2.05, 4.69) is 115 Å². The number of rotatable bonds is 5. The summed E-state index contributed by atoms with van der Waals surface area (Å²) in [5.41, 5.74) is 5.70. The van der Waals surface area contributed by atoms with Crippen molar-refractivity contribution < 1.29 is 0 Å². The molecule has 0 radical (unpaired) electrons. The number of fused-ring (bicyclic) bond motifs is 2. The van der Waals surface area contributed by atoms with Crippen molar-refractivity contribution in [2.75, 3.05) is 5.32 Å². The number of hydrogen-bond acceptors (Lipinski definition) is 1. The molecule has 0 aliphatic heterocycles. The first-order chi connectivity index (χ1) is 14.8. The molecule has 0 atom stereocenters. The van der Waals surface area contributed by atoms with Crippen LogP contribution in [0.2, 0.25) is 0 Å². The van der Waals surface area contributed by atoms with E-state index in [4.69, 9.17) is 0 Å². The molecule has 0 heterocycles. The van der Waals surface area contributed by atoms with E-state index in [1.165, 1.54) is 32.7 Å². The third-order valence-electron chi connectivity index (χ3n) is 5.65. The van der Waals surface area contributed by atoms with Gasteiger partial charge in [0.2, 0.25) is 0 Å². The average molecular weight is 386 g/mol. The third kappa shape index (κ3) is 3.46. The fourth-order valence-corrected chi connectivity index (χ4v) is 4.07. The van der Waals surface area contributed by atoms with Gasteiger partial charge in [-0.3, -0.25) is 0 Å². The Labute approximate surface area is 177 Å². The van der Waals surface area contributed by atoms with Crippen molar-refractivity contribution in [1.29, 1.82) is 0 Å². The second-order valence-electron chi connectivity index (χ2n) is 7.59. The van der Waals surface area contributed by atoms with Crippen LogP contribution in [0.25, 0.3) is 27.1 Å². The smallest absolute Gasteiger partial charge is 0.0422 e. The molecule has 0 fully saturated rings. The molecule has 5 aromatic carbocycles. The molecule has 5 rings (SSSR count). The zero-order valence-corrected chi connectivity index (χ0v) is 16.8. The standard InChI is InChI=1S/C29H23N/c1-21(27-15-7-8-17-29(27)30-20-22-10-3-2-4-11-22)26-16-9-14-25-18-23-12-5-6-13-24(23)19-28(25)26/h2-19,30H,1,20H2. The molecule has 0 spiro atoms. The molecule has 1 heteroatoms. The van der Waals surface area contributed by atoms with Gasteiger partial charge in [0.25, 0.3) is 0 Å². The van der Waals surface area contributed by atoms with E-state index < -0.39 is 0 Å². The van der Waals surface area contributed by atoms with Crippen LogP contribution in [-0.2, 0) is 6.54 Å². The van der Waals surface area contributed by atoms with E-state index >= 15 is 0 Å². The lowest BCUT2D eigenvalue weighted by atomic mass is 9.92. The number of anilines is 1. The molecule has 0 saturated heterocycles. The molecule has 0 aliphatic rings. The van der Waals surface area contributed by atoms with E-state index in [1.807, 2.05) is 6.07 Å². The highest BCUT2D eigenvalue weighted by molar-refractivity contribution is 6.05. The monoisotopic (exact) mass is 385 g/mol. The maximum absolute atomic E-state index is 4.50. The van der Waals surface area contributed by atoms with E-state index in [1.54, 1.807) is 0 Å². The fourth-order valence-electron chi connectivity index (χ4n) is 4.07. The van der Waals surface area contributed by atoms with E-state index in [9.17, 15) is 0 Å². The van der Waals surface area contributed by atoms with Gasteiger partial charge in [0, 0.05) is 17.8 Å². The van der Waals surface area contributed by atoms with Gasteiger partial charge in [-0.1, -0.05) is 97.6 Å². The van der Waals surface area contributed by atoms with Crippen molar-refractivity contribution in [3.63, 3.8) is 0 Å². The normalized spacial score (nSPS) is 10.9. The van der Waals surface area contributed by atoms with Crippen LogP contribution < -0.4 is 5.32 Å². The molecule has 0 unspecified atom stereocenters. The van der Waals surface area contributed by atoms with Gasteiger partial charge < -0.3 is 5.32 Å². The zero-order chi connectivity index (χ0) is 20.3. The lowest BCUT2D eigenvalue weighted by Gasteiger charge is -2.16. The van der Waals surface area contributed by atoms with Gasteiger partial charge in [-0.05, 0) is 56.4 Å². The highest BCUT2D eigenvalue weighted by Crippen LogP contribution is 2.34. The summed E-state index contributed by atoms with van der Waals surface area (Å²) >= 11 is 0. The quantitative estimate of drug-likeness (QED) is 0.306. The van der Waals surface area contributed by atoms with Gasteiger partial charge >= 0.3 is 0 Å². The summed E-state index contributed by atoms with van der Waals surface area (Å²) in [5.74, 6) is 0. The van der Waals surface area contributed by atoms with Crippen LogP contribution in [0.15, 0.2) is 116 Å². The maximum atomic E-state index is 4.50. The van der Waals surface area contributed by atoms with Crippen LogP contribution in [0, 0.1) is 0 Å². The number of benzene rings is 5. The summed E-state index contributed by atoms with van der Waals surface area (Å²) < 4.78 is 0. The molecule has 0 saturated carbocycles. The van der Waals surface area contributed by atoms with E-state index in [0.717, 1.165) is 23.4 Å². The first-order valence-electron chi connectivity index (χ1n) is 10.3. The molecule has 0 amide bonds. The Morgan fingerprint density at radius 2 is 1.23 bits per heavy atom. The topological polar surface area (TPSA) is 12.0 Å². The van der Waals surface area contributed by atoms with Gasteiger partial charge in [0.1, 0.15) is 0 Å². The minimum Gasteiger partial charge on any atom is -0.380 e. The van der Waals surface area contributed by atoms with Crippen LogP contribution in [0.1, 0.15) is 16.7 Å². The predicted molar refractivity (Wildman–Crippen MR) is 130 cm³/mol. The molecule has 0 aliphatic carbocycles. The van der Waals surface area contributed by atoms with E-state index in [0.29, 0.717) is 0 Å². The predicted octanol–water partition coefficient (Wildman–Crippen LogP) is 7.67. The highest BCUT2D eigenvalue weighted by atomic mass is 14.9. The summed E-state index contributed by atoms with van der Waals surface area (Å²) in [6.07, 6.45) is 0. The van der Waals surface area contributed by atoms with Gasteiger partial charge in [0.15, 0.2) is 0 Å². The van der Waals surface area contributed by atoms with E-state index in [-0.39, 0.29) is 0 Å². The van der Waals surface area contributed by atoms with Crippen molar-refractivity contribution in [3.05, 3.63) is 132 Å². The summed E-state index contributed by atoms with van der Waals surface area (Å²) in [4.78, 5) is 0. The van der Waals surface area contributed by atoms with Crippen LogP contribution in [0.4, 0.5) is 5.69 Å². The minimum absolute atomic E-state index is 0.783. The van der Waals surface area contributed by atoms with Crippen molar-refractivity contribution >= 4 is 32.8 Å². The Morgan fingerprint density at radius 3 is 2.07 bits per heavy atom. The minimum atomic E-state index is 0.783. The van der Waals surface area contributed by atoms with Crippen LogP contribution in [-0.4, -0.2) is 0 Å². The van der Waals surface area contributed by atoms with Crippen LogP contribution in [0.3, 0.4) is 0 Å². The van der Waals surface area contributed by atoms with Crippen LogP contribution in [0.5, 0.6) is 0 Å². The molecule has 30 heavy (non-hydrogen) atoms. The van der Waals surface area contributed by atoms with Gasteiger partial charge in [-0.15, -0.1) is 0 Å². The molecule has 5 aromatic rings. The fraction of sp³-hybridized carbons (Fsp3) is 0.0345. The Bertz CT molecular complexity index is 1350. The second-order valence-corrected chi connectivity index (χ2v) is 7.59. The first kappa shape index (κ1) is 18.2. The van der Waals surface area contributed by atoms with Gasteiger partial charge in [0.05, 0.1) is 0 Å². The molecular formula is C29H23N. The molecule has 0 bridgehead atoms. The summed E-state index contributed by atoms with van der Waals surface area (Å²) in [7, 11) is 0. The Hall–Kier alpha value is -3.84. The number of hydrogen-bond donors (Lipinski definition) is 1. The first-order valence-corrected chi connectivity index (χ1v) is 10.3.